The molecule has 0 spiro atoms. The number of aromatic nitrogens is 1. The van der Waals surface area contributed by atoms with Crippen LogP contribution in [-0.4, -0.2) is 22.6 Å². The number of rotatable bonds is 5. The second-order valence-corrected chi connectivity index (χ2v) is 5.70. The molecule has 5 nitrogen and oxygen atoms in total. The number of nitrogens with one attached hydrogen (secondary N) is 2. The molecular formula is C14H17N3O2S. The summed E-state index contributed by atoms with van der Waals surface area (Å²) in [6.07, 6.45) is 1.87. The Kier molecular flexibility index (Phi) is 4.70. The van der Waals surface area contributed by atoms with Gasteiger partial charge in [0.25, 0.3) is 0 Å². The standard InChI is InChI=1S/C14H17N3O2S/c1-9(13-7-15-10(2)20-13)16-11-4-3-5-12(6-11)17-14(19)8-18/h3-7,9,16,18H,8H2,1-2H3,(H,17,19). The highest BCUT2D eigenvalue weighted by Crippen LogP contribution is 2.25. The van der Waals surface area contributed by atoms with Crippen LogP contribution >= 0.6 is 11.3 Å². The number of nitrogens with zero attached hydrogens (tertiary/aromatic N) is 1. The van der Waals surface area contributed by atoms with E-state index in [1.165, 1.54) is 0 Å². The molecule has 1 aromatic heterocycles. The van der Waals surface area contributed by atoms with Gasteiger partial charge in [0.2, 0.25) is 5.91 Å². The number of hydrogen-bond acceptors (Lipinski definition) is 5. The second kappa shape index (κ2) is 6.49. The van der Waals surface area contributed by atoms with E-state index in [9.17, 15) is 4.79 Å². The zero-order valence-electron chi connectivity index (χ0n) is 11.4. The molecule has 0 saturated carbocycles. The topological polar surface area (TPSA) is 74.2 Å². The number of anilines is 2. The quantitative estimate of drug-likeness (QED) is 0.791. The molecule has 1 heterocycles. The highest BCUT2D eigenvalue weighted by molar-refractivity contribution is 7.11. The Morgan fingerprint density at radius 3 is 2.85 bits per heavy atom. The lowest BCUT2D eigenvalue weighted by Crippen LogP contribution is -2.15. The number of thiazole rings is 1. The van der Waals surface area contributed by atoms with E-state index < -0.39 is 12.5 Å². The minimum Gasteiger partial charge on any atom is -0.387 e. The molecule has 0 aliphatic rings. The number of aliphatic hydroxyl groups excluding tert-OH is 1. The van der Waals surface area contributed by atoms with Crippen LogP contribution in [0.1, 0.15) is 22.9 Å². The smallest absolute Gasteiger partial charge is 0.250 e. The Hall–Kier alpha value is -1.92. The SMILES string of the molecule is Cc1ncc(C(C)Nc2cccc(NC(=O)CO)c2)s1. The predicted octanol–water partition coefficient (Wildman–Crippen LogP) is 2.56. The van der Waals surface area contributed by atoms with Gasteiger partial charge in [-0.3, -0.25) is 4.79 Å². The minimum absolute atomic E-state index is 0.144. The molecule has 6 heteroatoms. The summed E-state index contributed by atoms with van der Waals surface area (Å²) in [4.78, 5) is 16.6. The lowest BCUT2D eigenvalue weighted by molar-refractivity contribution is -0.118. The average Bonchev–Trinajstić information content (AvgIpc) is 2.86. The normalized spacial score (nSPS) is 11.9. The van der Waals surface area contributed by atoms with E-state index in [4.69, 9.17) is 5.11 Å². The molecule has 3 N–H and O–H groups in total. The first-order valence-corrected chi connectivity index (χ1v) is 7.10. The van der Waals surface area contributed by atoms with E-state index in [1.807, 2.05) is 31.3 Å². The van der Waals surface area contributed by atoms with Crippen LogP contribution in [-0.2, 0) is 4.79 Å². The van der Waals surface area contributed by atoms with Gasteiger partial charge in [0.15, 0.2) is 0 Å². The summed E-state index contributed by atoms with van der Waals surface area (Å²) in [7, 11) is 0. The molecule has 1 aromatic carbocycles. The summed E-state index contributed by atoms with van der Waals surface area (Å²) in [5, 5.41) is 15.7. The first-order valence-electron chi connectivity index (χ1n) is 6.28. The van der Waals surface area contributed by atoms with Crippen LogP contribution in [0.15, 0.2) is 30.5 Å². The fourth-order valence-electron chi connectivity index (χ4n) is 1.79. The molecule has 1 unspecified atom stereocenters. The van der Waals surface area contributed by atoms with E-state index in [2.05, 4.69) is 22.5 Å². The largest absolute Gasteiger partial charge is 0.387 e. The van der Waals surface area contributed by atoms with E-state index >= 15 is 0 Å². The van der Waals surface area contributed by atoms with E-state index in [1.54, 1.807) is 17.4 Å². The fourth-order valence-corrected chi connectivity index (χ4v) is 2.57. The van der Waals surface area contributed by atoms with Crippen LogP contribution in [0, 0.1) is 6.92 Å². The van der Waals surface area contributed by atoms with Crippen molar-refractivity contribution < 1.29 is 9.90 Å². The lowest BCUT2D eigenvalue weighted by atomic mass is 10.2. The van der Waals surface area contributed by atoms with Crippen molar-refractivity contribution in [3.05, 3.63) is 40.3 Å². The third-order valence-corrected chi connectivity index (χ3v) is 3.83. The van der Waals surface area contributed by atoms with Gasteiger partial charge in [-0.15, -0.1) is 11.3 Å². The van der Waals surface area contributed by atoms with Gasteiger partial charge in [-0.25, -0.2) is 4.98 Å². The number of hydrogen-bond donors (Lipinski definition) is 3. The van der Waals surface area contributed by atoms with Gasteiger partial charge in [-0.05, 0) is 32.0 Å². The monoisotopic (exact) mass is 291 g/mol. The van der Waals surface area contributed by atoms with Crippen molar-refractivity contribution in [3.8, 4) is 0 Å². The molecule has 20 heavy (non-hydrogen) atoms. The number of amides is 1. The zero-order chi connectivity index (χ0) is 14.5. The van der Waals surface area contributed by atoms with Gasteiger partial charge in [-0.2, -0.15) is 0 Å². The van der Waals surface area contributed by atoms with Gasteiger partial charge in [0, 0.05) is 22.4 Å². The molecule has 1 atom stereocenters. The molecule has 1 amide bonds. The highest BCUT2D eigenvalue weighted by atomic mass is 32.1. The van der Waals surface area contributed by atoms with Crippen molar-refractivity contribution in [1.82, 2.24) is 4.98 Å². The van der Waals surface area contributed by atoms with Gasteiger partial charge < -0.3 is 15.7 Å². The Morgan fingerprint density at radius 2 is 2.20 bits per heavy atom. The van der Waals surface area contributed by atoms with Crippen LogP contribution < -0.4 is 10.6 Å². The lowest BCUT2D eigenvalue weighted by Gasteiger charge is -2.14. The van der Waals surface area contributed by atoms with E-state index in [-0.39, 0.29) is 6.04 Å². The maximum absolute atomic E-state index is 11.2. The van der Waals surface area contributed by atoms with Crippen molar-refractivity contribution >= 4 is 28.6 Å². The summed E-state index contributed by atoms with van der Waals surface area (Å²) in [6.45, 7) is 3.52. The Bertz CT molecular complexity index is 598. The molecule has 2 rings (SSSR count). The number of carbonyl (C=O) groups is 1. The molecule has 106 valence electrons. The van der Waals surface area contributed by atoms with Crippen molar-refractivity contribution in [2.45, 2.75) is 19.9 Å². The summed E-state index contributed by atoms with van der Waals surface area (Å²) in [5.41, 5.74) is 1.56. The number of aryl methyl sites for hydroxylation is 1. The Balaban J connectivity index is 2.05. The van der Waals surface area contributed by atoms with Gasteiger partial charge >= 0.3 is 0 Å². The number of aliphatic hydroxyl groups is 1. The Labute approximate surface area is 121 Å². The third-order valence-electron chi connectivity index (χ3n) is 2.74. The molecule has 0 saturated heterocycles. The van der Waals surface area contributed by atoms with E-state index in [0.717, 1.165) is 15.6 Å². The van der Waals surface area contributed by atoms with Crippen molar-refractivity contribution in [2.24, 2.45) is 0 Å². The Morgan fingerprint density at radius 1 is 1.45 bits per heavy atom. The van der Waals surface area contributed by atoms with Crippen molar-refractivity contribution in [1.29, 1.82) is 0 Å². The van der Waals surface area contributed by atoms with Crippen LogP contribution in [0.2, 0.25) is 0 Å². The third kappa shape index (κ3) is 3.79. The molecular weight excluding hydrogens is 274 g/mol. The molecule has 0 radical (unpaired) electrons. The second-order valence-electron chi connectivity index (χ2n) is 4.43. The maximum atomic E-state index is 11.2. The number of benzene rings is 1. The highest BCUT2D eigenvalue weighted by Gasteiger charge is 2.09. The molecule has 0 fully saturated rings. The van der Waals surface area contributed by atoms with E-state index in [0.29, 0.717) is 5.69 Å². The molecule has 0 aliphatic carbocycles. The summed E-state index contributed by atoms with van der Waals surface area (Å²) in [6, 6.07) is 7.53. The molecule has 2 aromatic rings. The van der Waals surface area contributed by atoms with Gasteiger partial charge in [0.1, 0.15) is 6.61 Å². The van der Waals surface area contributed by atoms with Crippen LogP contribution in [0.4, 0.5) is 11.4 Å². The van der Waals surface area contributed by atoms with Crippen molar-refractivity contribution in [3.63, 3.8) is 0 Å². The minimum atomic E-state index is -0.520. The summed E-state index contributed by atoms with van der Waals surface area (Å²) in [5.74, 6) is -0.423. The van der Waals surface area contributed by atoms with Crippen LogP contribution in [0.3, 0.4) is 0 Å². The van der Waals surface area contributed by atoms with Gasteiger partial charge in [-0.1, -0.05) is 6.07 Å². The van der Waals surface area contributed by atoms with Crippen molar-refractivity contribution in [2.75, 3.05) is 17.2 Å². The molecule has 0 aliphatic heterocycles. The summed E-state index contributed by atoms with van der Waals surface area (Å²) >= 11 is 1.66. The maximum Gasteiger partial charge on any atom is 0.250 e. The molecule has 0 bridgehead atoms. The van der Waals surface area contributed by atoms with Crippen LogP contribution in [0.25, 0.3) is 0 Å². The number of carbonyl (C=O) groups excluding carboxylic acids is 1. The summed E-state index contributed by atoms with van der Waals surface area (Å²) < 4.78 is 0. The van der Waals surface area contributed by atoms with Crippen LogP contribution in [0.5, 0.6) is 0 Å². The first kappa shape index (κ1) is 14.5. The first-order chi connectivity index (χ1) is 9.58. The van der Waals surface area contributed by atoms with Gasteiger partial charge in [0.05, 0.1) is 11.0 Å². The zero-order valence-corrected chi connectivity index (χ0v) is 12.2. The predicted molar refractivity (Wildman–Crippen MR) is 81.0 cm³/mol. The average molecular weight is 291 g/mol. The fraction of sp³-hybridized carbons (Fsp3) is 0.286.